The maximum absolute atomic E-state index is 11.4. The monoisotopic (exact) mass is 257 g/mol. The molecule has 0 atom stereocenters. The van der Waals surface area contributed by atoms with Crippen LogP contribution in [0.25, 0.3) is 5.65 Å². The number of H-pyrrole nitrogens is 1. The van der Waals surface area contributed by atoms with Gasteiger partial charge in [-0.15, -0.1) is 5.10 Å². The van der Waals surface area contributed by atoms with Crippen molar-refractivity contribution in [3.8, 4) is 5.75 Å². The molecular formula is C12H11N5O2. The molecule has 0 saturated heterocycles. The molecule has 0 amide bonds. The Morgan fingerprint density at radius 3 is 2.79 bits per heavy atom. The average Bonchev–Trinajstić information content (AvgIpc) is 2.80. The molecule has 3 aromatic rings. The zero-order chi connectivity index (χ0) is 13.2. The van der Waals surface area contributed by atoms with Crippen LogP contribution in [-0.4, -0.2) is 24.9 Å². The van der Waals surface area contributed by atoms with E-state index in [1.165, 1.54) is 4.52 Å². The Hall–Kier alpha value is -2.83. The van der Waals surface area contributed by atoms with Gasteiger partial charge < -0.3 is 10.4 Å². The van der Waals surface area contributed by atoms with E-state index in [2.05, 4.69) is 20.6 Å². The Balaban J connectivity index is 1.79. The number of benzene rings is 1. The zero-order valence-corrected chi connectivity index (χ0v) is 9.87. The second-order valence-electron chi connectivity index (χ2n) is 4.04. The number of anilines is 1. The van der Waals surface area contributed by atoms with E-state index in [0.29, 0.717) is 18.0 Å². The van der Waals surface area contributed by atoms with Crippen molar-refractivity contribution in [2.45, 2.75) is 6.54 Å². The van der Waals surface area contributed by atoms with Gasteiger partial charge in [0.25, 0.3) is 0 Å². The fourth-order valence-corrected chi connectivity index (χ4v) is 1.70. The van der Waals surface area contributed by atoms with Crippen LogP contribution in [0.2, 0.25) is 0 Å². The number of rotatable bonds is 3. The zero-order valence-electron chi connectivity index (χ0n) is 9.87. The second-order valence-corrected chi connectivity index (χ2v) is 4.04. The van der Waals surface area contributed by atoms with Crippen molar-refractivity contribution in [1.82, 2.24) is 19.8 Å². The number of aromatic hydroxyl groups is 1. The normalized spacial score (nSPS) is 10.7. The van der Waals surface area contributed by atoms with Gasteiger partial charge in [-0.2, -0.15) is 9.61 Å². The molecule has 0 aliphatic rings. The van der Waals surface area contributed by atoms with E-state index in [4.69, 9.17) is 0 Å². The number of nitrogens with one attached hydrogen (secondary N) is 2. The molecule has 0 spiro atoms. The van der Waals surface area contributed by atoms with E-state index < -0.39 is 0 Å². The summed E-state index contributed by atoms with van der Waals surface area (Å²) in [6, 6.07) is 10.3. The topological polar surface area (TPSA) is 95.3 Å². The summed E-state index contributed by atoms with van der Waals surface area (Å²) in [5.41, 5.74) is 1.10. The molecular weight excluding hydrogens is 246 g/mol. The van der Waals surface area contributed by atoms with Crippen LogP contribution < -0.4 is 11.0 Å². The SMILES string of the molecule is O=c1[nH]nc2ccc(NCc3ccc(O)cc3)nn12. The van der Waals surface area contributed by atoms with E-state index in [1.807, 2.05) is 12.1 Å². The molecule has 3 N–H and O–H groups in total. The molecule has 0 aliphatic heterocycles. The highest BCUT2D eigenvalue weighted by atomic mass is 16.3. The van der Waals surface area contributed by atoms with Gasteiger partial charge in [0.1, 0.15) is 11.6 Å². The Kier molecular flexibility index (Phi) is 2.64. The van der Waals surface area contributed by atoms with Crippen molar-refractivity contribution < 1.29 is 5.11 Å². The summed E-state index contributed by atoms with van der Waals surface area (Å²) >= 11 is 0. The third-order valence-corrected chi connectivity index (χ3v) is 2.68. The van der Waals surface area contributed by atoms with Gasteiger partial charge in [0, 0.05) is 6.54 Å². The maximum atomic E-state index is 11.4. The lowest BCUT2D eigenvalue weighted by atomic mass is 10.2. The predicted molar refractivity (Wildman–Crippen MR) is 69.0 cm³/mol. The van der Waals surface area contributed by atoms with Gasteiger partial charge in [-0.1, -0.05) is 12.1 Å². The summed E-state index contributed by atoms with van der Waals surface area (Å²) in [6.07, 6.45) is 0. The first-order valence-corrected chi connectivity index (χ1v) is 5.68. The third-order valence-electron chi connectivity index (χ3n) is 2.68. The Morgan fingerprint density at radius 1 is 1.21 bits per heavy atom. The molecule has 3 rings (SSSR count). The highest BCUT2D eigenvalue weighted by molar-refractivity contribution is 5.43. The van der Waals surface area contributed by atoms with Gasteiger partial charge in [0.2, 0.25) is 0 Å². The standard InChI is InChI=1S/C12H11N5O2/c18-9-3-1-8(2-4-9)7-13-10-5-6-11-14-15-12(19)17(11)16-10/h1-6,18H,7H2,(H,13,16)(H,15,19). The lowest BCUT2D eigenvalue weighted by Crippen LogP contribution is -2.13. The maximum Gasteiger partial charge on any atom is 0.364 e. The molecule has 2 heterocycles. The first-order valence-electron chi connectivity index (χ1n) is 5.68. The number of nitrogens with zero attached hydrogens (tertiary/aromatic N) is 3. The van der Waals surface area contributed by atoms with E-state index in [-0.39, 0.29) is 11.4 Å². The Bertz CT molecular complexity index is 760. The van der Waals surface area contributed by atoms with Crippen LogP contribution in [0.15, 0.2) is 41.2 Å². The number of phenols is 1. The summed E-state index contributed by atoms with van der Waals surface area (Å²) in [6.45, 7) is 0.547. The largest absolute Gasteiger partial charge is 0.508 e. The van der Waals surface area contributed by atoms with Crippen molar-refractivity contribution in [3.63, 3.8) is 0 Å². The molecule has 7 heteroatoms. The van der Waals surface area contributed by atoms with Crippen LogP contribution in [0.4, 0.5) is 5.82 Å². The summed E-state index contributed by atoms with van der Waals surface area (Å²) < 4.78 is 1.19. The quantitative estimate of drug-likeness (QED) is 0.643. The molecule has 19 heavy (non-hydrogen) atoms. The number of hydrogen-bond donors (Lipinski definition) is 3. The molecule has 0 aliphatic carbocycles. The second kappa shape index (κ2) is 4.45. The molecule has 96 valence electrons. The molecule has 0 bridgehead atoms. The van der Waals surface area contributed by atoms with Gasteiger partial charge in [0.15, 0.2) is 5.65 Å². The van der Waals surface area contributed by atoms with Crippen LogP contribution in [0.1, 0.15) is 5.56 Å². The van der Waals surface area contributed by atoms with Crippen molar-refractivity contribution in [1.29, 1.82) is 0 Å². The number of hydrogen-bond acceptors (Lipinski definition) is 5. The fourth-order valence-electron chi connectivity index (χ4n) is 1.70. The first kappa shape index (κ1) is 11.3. The number of aromatic nitrogens is 4. The van der Waals surface area contributed by atoms with E-state index in [0.717, 1.165) is 5.56 Å². The molecule has 7 nitrogen and oxygen atoms in total. The first-order chi connectivity index (χ1) is 9.22. The predicted octanol–water partition coefficient (Wildman–Crippen LogP) is 0.735. The van der Waals surface area contributed by atoms with Gasteiger partial charge in [-0.05, 0) is 29.8 Å². The summed E-state index contributed by atoms with van der Waals surface area (Å²) in [5.74, 6) is 0.803. The van der Waals surface area contributed by atoms with Crippen molar-refractivity contribution in [2.75, 3.05) is 5.32 Å². The minimum atomic E-state index is -0.372. The highest BCUT2D eigenvalue weighted by Gasteiger charge is 2.02. The molecule has 0 unspecified atom stereocenters. The molecule has 0 saturated carbocycles. The van der Waals surface area contributed by atoms with Gasteiger partial charge in [-0.3, -0.25) is 0 Å². The van der Waals surface area contributed by atoms with Crippen LogP contribution in [0.5, 0.6) is 5.75 Å². The fraction of sp³-hybridized carbons (Fsp3) is 0.0833. The van der Waals surface area contributed by atoms with Crippen LogP contribution in [-0.2, 0) is 6.54 Å². The molecule has 0 radical (unpaired) electrons. The van der Waals surface area contributed by atoms with Crippen molar-refractivity contribution in [3.05, 3.63) is 52.4 Å². The minimum Gasteiger partial charge on any atom is -0.508 e. The van der Waals surface area contributed by atoms with E-state index >= 15 is 0 Å². The smallest absolute Gasteiger partial charge is 0.364 e. The van der Waals surface area contributed by atoms with Crippen LogP contribution in [0.3, 0.4) is 0 Å². The summed E-state index contributed by atoms with van der Waals surface area (Å²) in [4.78, 5) is 11.4. The average molecular weight is 257 g/mol. The molecule has 0 fully saturated rings. The highest BCUT2D eigenvalue weighted by Crippen LogP contribution is 2.11. The number of phenolic OH excluding ortho intramolecular Hbond substituents is 1. The molecule has 1 aromatic carbocycles. The number of fused-ring (bicyclic) bond motifs is 1. The van der Waals surface area contributed by atoms with Crippen molar-refractivity contribution in [2.24, 2.45) is 0 Å². The van der Waals surface area contributed by atoms with E-state index in [1.54, 1.807) is 24.3 Å². The van der Waals surface area contributed by atoms with Crippen LogP contribution in [0, 0.1) is 0 Å². The van der Waals surface area contributed by atoms with E-state index in [9.17, 15) is 9.90 Å². The minimum absolute atomic E-state index is 0.230. The Morgan fingerprint density at radius 2 is 2.00 bits per heavy atom. The lowest BCUT2D eigenvalue weighted by Gasteiger charge is -2.05. The third kappa shape index (κ3) is 2.25. The molecule has 2 aromatic heterocycles. The summed E-state index contributed by atoms with van der Waals surface area (Å²) in [5, 5.41) is 22.5. The van der Waals surface area contributed by atoms with Gasteiger partial charge in [-0.25, -0.2) is 9.89 Å². The van der Waals surface area contributed by atoms with Crippen LogP contribution >= 0.6 is 0 Å². The van der Waals surface area contributed by atoms with Gasteiger partial charge in [0.05, 0.1) is 0 Å². The number of aromatic amines is 1. The Labute approximate surface area is 107 Å². The van der Waals surface area contributed by atoms with Crippen molar-refractivity contribution >= 4 is 11.5 Å². The van der Waals surface area contributed by atoms with Gasteiger partial charge >= 0.3 is 5.69 Å². The summed E-state index contributed by atoms with van der Waals surface area (Å²) in [7, 11) is 0. The lowest BCUT2D eigenvalue weighted by molar-refractivity contribution is 0.475.